The Morgan fingerprint density at radius 2 is 2.08 bits per heavy atom. The van der Waals surface area contributed by atoms with Crippen LogP contribution in [0.4, 0.5) is 4.39 Å². The van der Waals surface area contributed by atoms with E-state index in [1.165, 1.54) is 18.4 Å². The van der Waals surface area contributed by atoms with E-state index in [1.807, 2.05) is 18.2 Å². The Hall–Kier alpha value is -4.43. The van der Waals surface area contributed by atoms with Crippen LogP contribution in [-0.4, -0.2) is 35.0 Å². The molecule has 3 heterocycles. The number of esters is 1. The molecule has 0 amide bonds. The number of pyridine rings is 1. The first-order valence-electron chi connectivity index (χ1n) is 12.3. The largest absolute Gasteiger partial charge is 0.497 e. The monoisotopic (exact) mass is 544 g/mol. The van der Waals surface area contributed by atoms with Crippen molar-refractivity contribution in [2.75, 3.05) is 13.7 Å². The van der Waals surface area contributed by atoms with Crippen LogP contribution in [0.2, 0.25) is 5.15 Å². The van der Waals surface area contributed by atoms with E-state index in [2.05, 4.69) is 4.98 Å². The Balaban J connectivity index is 1.67. The van der Waals surface area contributed by atoms with Gasteiger partial charge in [-0.15, -0.1) is 0 Å². The second-order valence-corrected chi connectivity index (χ2v) is 9.44. The van der Waals surface area contributed by atoms with Gasteiger partial charge in [-0.05, 0) is 37.3 Å². The number of Topliss-reactive ketones (excluding diaryl/α,β-unsaturated/α-hetero) is 1. The molecule has 0 spiro atoms. The van der Waals surface area contributed by atoms with Crippen LogP contribution in [0.25, 0.3) is 38.3 Å². The van der Waals surface area contributed by atoms with Gasteiger partial charge in [0.1, 0.15) is 28.0 Å². The highest BCUT2D eigenvalue weighted by Gasteiger charge is 2.32. The lowest BCUT2D eigenvalue weighted by Crippen LogP contribution is -2.16. The van der Waals surface area contributed by atoms with Crippen molar-refractivity contribution in [1.29, 1.82) is 0 Å². The van der Waals surface area contributed by atoms with Gasteiger partial charge in [0.05, 0.1) is 48.3 Å². The molecule has 0 atom stereocenters. The number of ether oxygens (including phenoxy) is 2. The number of rotatable bonds is 6. The summed E-state index contributed by atoms with van der Waals surface area (Å²) in [6.45, 7) is 1.86. The Morgan fingerprint density at radius 3 is 2.85 bits per heavy atom. The molecule has 0 aliphatic heterocycles. The molecule has 3 aromatic heterocycles. The number of carbonyl (C=O) groups excluding carboxylic acids is 2. The number of hydrogen-bond donors (Lipinski definition) is 0. The number of nitrogens with zero attached hydrogens (tertiary/aromatic N) is 2. The van der Waals surface area contributed by atoms with E-state index < -0.39 is 11.8 Å². The van der Waals surface area contributed by atoms with Crippen LogP contribution < -0.4 is 4.74 Å². The van der Waals surface area contributed by atoms with Crippen molar-refractivity contribution in [3.05, 3.63) is 88.7 Å². The quantitative estimate of drug-likeness (QED) is 0.171. The van der Waals surface area contributed by atoms with Crippen LogP contribution in [0.5, 0.6) is 5.75 Å². The van der Waals surface area contributed by atoms with Gasteiger partial charge in [0.2, 0.25) is 0 Å². The smallest absolute Gasteiger partial charge is 0.355 e. The molecule has 0 unspecified atom stereocenters. The molecule has 0 bridgehead atoms. The maximum absolute atomic E-state index is 15.3. The van der Waals surface area contributed by atoms with Crippen LogP contribution in [-0.2, 0) is 16.1 Å². The zero-order chi connectivity index (χ0) is 27.3. The van der Waals surface area contributed by atoms with Gasteiger partial charge in [-0.2, -0.15) is 0 Å². The number of fused-ring (bicyclic) bond motifs is 4. The third kappa shape index (κ3) is 4.08. The summed E-state index contributed by atoms with van der Waals surface area (Å²) >= 11 is 6.63. The Bertz CT molecular complexity index is 1880. The number of hydrogen-bond acceptors (Lipinski definition) is 6. The maximum atomic E-state index is 15.3. The van der Waals surface area contributed by atoms with Crippen molar-refractivity contribution in [2.45, 2.75) is 19.9 Å². The van der Waals surface area contributed by atoms with Crippen molar-refractivity contribution in [2.24, 2.45) is 0 Å². The molecule has 0 N–H and O–H groups in total. The molecule has 1 aliphatic rings. The van der Waals surface area contributed by atoms with Gasteiger partial charge in [0, 0.05) is 34.6 Å². The SMILES string of the molecule is CCOC(=O)c1c(C2=CC=CCC2=O)c2c3occc3c(F)cc2n1Cc1cc2ccc(OC)cc2nc1Cl. The van der Waals surface area contributed by atoms with E-state index in [-0.39, 0.29) is 47.2 Å². The van der Waals surface area contributed by atoms with Gasteiger partial charge in [-0.25, -0.2) is 14.2 Å². The van der Waals surface area contributed by atoms with Gasteiger partial charge in [-0.3, -0.25) is 4.79 Å². The zero-order valence-corrected chi connectivity index (χ0v) is 21.8. The van der Waals surface area contributed by atoms with E-state index >= 15 is 4.39 Å². The topological polar surface area (TPSA) is 83.6 Å². The third-order valence-electron chi connectivity index (χ3n) is 6.84. The lowest BCUT2D eigenvalue weighted by atomic mass is 9.93. The van der Waals surface area contributed by atoms with E-state index in [9.17, 15) is 9.59 Å². The first kappa shape index (κ1) is 24.9. The lowest BCUT2D eigenvalue weighted by molar-refractivity contribution is -0.113. The second kappa shape index (κ2) is 9.71. The van der Waals surface area contributed by atoms with Crippen molar-refractivity contribution in [3.63, 3.8) is 0 Å². The summed E-state index contributed by atoms with van der Waals surface area (Å²) in [6.07, 6.45) is 6.72. The standard InChI is InChI=1S/C30H22ClFN2O5/c1-3-38-30(36)27-25(20-6-4-5-7-24(20)35)26-23(14-21(32)19-10-11-39-28(19)26)34(27)15-17-12-16-8-9-18(37-2)13-22(16)33-29(17)31/h4-6,8-14H,3,7,15H2,1-2H3. The van der Waals surface area contributed by atoms with E-state index in [4.69, 9.17) is 25.5 Å². The summed E-state index contributed by atoms with van der Waals surface area (Å²) in [7, 11) is 1.57. The van der Waals surface area contributed by atoms with Crippen molar-refractivity contribution >= 4 is 61.7 Å². The van der Waals surface area contributed by atoms with E-state index in [1.54, 1.807) is 42.9 Å². The zero-order valence-electron chi connectivity index (χ0n) is 21.1. The lowest BCUT2D eigenvalue weighted by Gasteiger charge is -2.14. The number of benzene rings is 2. The molecule has 39 heavy (non-hydrogen) atoms. The van der Waals surface area contributed by atoms with Crippen LogP contribution in [0, 0.1) is 5.82 Å². The van der Waals surface area contributed by atoms with Crippen molar-refractivity contribution < 1.29 is 27.9 Å². The normalized spacial score (nSPS) is 13.4. The first-order chi connectivity index (χ1) is 18.9. The fraction of sp³-hybridized carbons (Fsp3) is 0.167. The van der Waals surface area contributed by atoms with Crippen molar-refractivity contribution in [3.8, 4) is 5.75 Å². The predicted molar refractivity (Wildman–Crippen MR) is 147 cm³/mol. The third-order valence-corrected chi connectivity index (χ3v) is 7.16. The predicted octanol–water partition coefficient (Wildman–Crippen LogP) is 6.87. The van der Waals surface area contributed by atoms with Gasteiger partial charge >= 0.3 is 5.97 Å². The Morgan fingerprint density at radius 1 is 1.23 bits per heavy atom. The fourth-order valence-corrected chi connectivity index (χ4v) is 5.29. The molecule has 0 saturated carbocycles. The highest BCUT2D eigenvalue weighted by atomic mass is 35.5. The molecular formula is C30H22ClFN2O5. The molecule has 6 rings (SSSR count). The number of carbonyl (C=O) groups is 2. The molecule has 0 fully saturated rings. The molecular weight excluding hydrogens is 523 g/mol. The minimum atomic E-state index is -0.651. The minimum absolute atomic E-state index is 0.0570. The molecule has 1 aliphatic carbocycles. The molecule has 9 heteroatoms. The number of methoxy groups -OCH3 is 1. The summed E-state index contributed by atoms with van der Waals surface area (Å²) in [5.74, 6) is -0.709. The van der Waals surface area contributed by atoms with E-state index in [0.717, 1.165) is 5.39 Å². The fourth-order valence-electron chi connectivity index (χ4n) is 5.08. The molecule has 5 aromatic rings. The van der Waals surface area contributed by atoms with Crippen LogP contribution >= 0.6 is 11.6 Å². The molecule has 196 valence electrons. The molecule has 7 nitrogen and oxygen atoms in total. The van der Waals surface area contributed by atoms with Gasteiger partial charge in [0.25, 0.3) is 0 Å². The van der Waals surface area contributed by atoms with Crippen molar-refractivity contribution in [1.82, 2.24) is 9.55 Å². The molecule has 2 aromatic carbocycles. The van der Waals surface area contributed by atoms with Crippen LogP contribution in [0.1, 0.15) is 35.0 Å². The van der Waals surface area contributed by atoms with Gasteiger partial charge in [-0.1, -0.05) is 29.8 Å². The highest BCUT2D eigenvalue weighted by Crippen LogP contribution is 2.41. The van der Waals surface area contributed by atoms with Crippen LogP contribution in [0.3, 0.4) is 0 Å². The number of aromatic nitrogens is 2. The summed E-state index contributed by atoms with van der Waals surface area (Å²) < 4.78 is 33.4. The molecule has 0 radical (unpaired) electrons. The molecule has 0 saturated heterocycles. The maximum Gasteiger partial charge on any atom is 0.355 e. The van der Waals surface area contributed by atoms with Gasteiger partial charge < -0.3 is 18.5 Å². The van der Waals surface area contributed by atoms with Crippen LogP contribution in [0.15, 0.2) is 65.3 Å². The minimum Gasteiger partial charge on any atom is -0.497 e. The summed E-state index contributed by atoms with van der Waals surface area (Å²) in [5, 5.41) is 1.71. The number of furan rings is 1. The van der Waals surface area contributed by atoms with Gasteiger partial charge in [0.15, 0.2) is 5.78 Å². The first-order valence-corrected chi connectivity index (χ1v) is 12.7. The summed E-state index contributed by atoms with van der Waals surface area (Å²) in [6, 6.07) is 10.2. The number of ketones is 1. The highest BCUT2D eigenvalue weighted by molar-refractivity contribution is 6.31. The average molecular weight is 545 g/mol. The average Bonchev–Trinajstić information content (AvgIpc) is 3.53. The Labute approximate surface area is 227 Å². The van der Waals surface area contributed by atoms with E-state index in [0.29, 0.717) is 38.9 Å². The summed E-state index contributed by atoms with van der Waals surface area (Å²) in [5.41, 5.74) is 2.60. The number of allylic oxidation sites excluding steroid dienone is 4. The second-order valence-electron chi connectivity index (χ2n) is 9.08. The Kier molecular flexibility index (Phi) is 6.19. The summed E-state index contributed by atoms with van der Waals surface area (Å²) in [4.78, 5) is 31.2. The number of halogens is 2.